The molecule has 3 N–H and O–H groups in total. The van der Waals surface area contributed by atoms with Gasteiger partial charge in [0, 0.05) is 12.0 Å². The van der Waals surface area contributed by atoms with E-state index in [1.165, 1.54) is 0 Å². The standard InChI is InChI=1S/C17H18N2O3/c1-22-15-8-7-12-10-14(18)17(20)19(21)16(12)13(15)9-11-5-3-2-4-6-11/h2-8,14,21H,9-10,18H2,1H3/t14-/m0/s1. The lowest BCUT2D eigenvalue weighted by atomic mass is 9.92. The molecule has 1 amide bonds. The van der Waals surface area contributed by atoms with Crippen LogP contribution in [0, 0.1) is 0 Å². The maximum Gasteiger partial charge on any atom is 0.267 e. The number of amides is 1. The molecule has 0 fully saturated rings. The van der Waals surface area contributed by atoms with Gasteiger partial charge in [-0.25, -0.2) is 0 Å². The summed E-state index contributed by atoms with van der Waals surface area (Å²) < 4.78 is 5.41. The number of nitrogens with zero attached hydrogens (tertiary/aromatic N) is 1. The zero-order valence-electron chi connectivity index (χ0n) is 12.3. The highest BCUT2D eigenvalue weighted by atomic mass is 16.5. The number of rotatable bonds is 3. The highest BCUT2D eigenvalue weighted by molar-refractivity contribution is 5.99. The Balaban J connectivity index is 2.12. The van der Waals surface area contributed by atoms with E-state index in [0.29, 0.717) is 29.3 Å². The Hall–Kier alpha value is -2.37. The number of benzene rings is 2. The molecule has 0 bridgehead atoms. The van der Waals surface area contributed by atoms with E-state index in [4.69, 9.17) is 10.5 Å². The van der Waals surface area contributed by atoms with Crippen molar-refractivity contribution in [3.8, 4) is 5.75 Å². The predicted octanol–water partition coefficient (Wildman–Crippen LogP) is 1.89. The van der Waals surface area contributed by atoms with Crippen LogP contribution in [0.25, 0.3) is 0 Å². The van der Waals surface area contributed by atoms with Crippen LogP contribution in [0.3, 0.4) is 0 Å². The Morgan fingerprint density at radius 2 is 2.00 bits per heavy atom. The van der Waals surface area contributed by atoms with Gasteiger partial charge in [0.25, 0.3) is 5.91 Å². The number of carbonyl (C=O) groups excluding carboxylic acids is 1. The molecule has 3 rings (SSSR count). The van der Waals surface area contributed by atoms with Gasteiger partial charge in [0.1, 0.15) is 5.75 Å². The topological polar surface area (TPSA) is 75.8 Å². The smallest absolute Gasteiger partial charge is 0.267 e. The Bertz CT molecular complexity index is 701. The van der Waals surface area contributed by atoms with Gasteiger partial charge in [-0.3, -0.25) is 10.0 Å². The minimum Gasteiger partial charge on any atom is -0.496 e. The van der Waals surface area contributed by atoms with E-state index in [2.05, 4.69) is 0 Å². The van der Waals surface area contributed by atoms with E-state index >= 15 is 0 Å². The maximum atomic E-state index is 12.0. The SMILES string of the molecule is COc1ccc2c(c1Cc1ccccc1)N(O)C(=O)[C@@H](N)C2. The molecule has 0 spiro atoms. The second-order valence-electron chi connectivity index (χ2n) is 5.38. The lowest BCUT2D eigenvalue weighted by Crippen LogP contribution is -2.47. The van der Waals surface area contributed by atoms with Gasteiger partial charge in [-0.2, -0.15) is 5.06 Å². The van der Waals surface area contributed by atoms with Crippen molar-refractivity contribution in [1.82, 2.24) is 0 Å². The molecule has 0 aliphatic carbocycles. The predicted molar refractivity (Wildman–Crippen MR) is 83.2 cm³/mol. The molecule has 1 aliphatic heterocycles. The molecular formula is C17H18N2O3. The van der Waals surface area contributed by atoms with E-state index in [0.717, 1.165) is 16.7 Å². The van der Waals surface area contributed by atoms with Crippen molar-refractivity contribution in [3.05, 3.63) is 59.2 Å². The molecule has 2 aromatic rings. The molecule has 5 nitrogen and oxygen atoms in total. The van der Waals surface area contributed by atoms with Crippen molar-refractivity contribution < 1.29 is 14.7 Å². The summed E-state index contributed by atoms with van der Waals surface area (Å²) in [6.07, 6.45) is 0.976. The summed E-state index contributed by atoms with van der Waals surface area (Å²) in [5.41, 5.74) is 8.98. The number of hydrogen-bond acceptors (Lipinski definition) is 4. The van der Waals surface area contributed by atoms with Crippen LogP contribution in [0.1, 0.15) is 16.7 Å². The van der Waals surface area contributed by atoms with E-state index in [-0.39, 0.29) is 0 Å². The molecule has 0 unspecified atom stereocenters. The largest absolute Gasteiger partial charge is 0.496 e. The molecule has 5 heteroatoms. The number of fused-ring (bicyclic) bond motifs is 1. The number of nitrogens with two attached hydrogens (primary N) is 1. The molecule has 0 aromatic heterocycles. The van der Waals surface area contributed by atoms with Gasteiger partial charge in [-0.15, -0.1) is 0 Å². The number of carbonyl (C=O) groups is 1. The third kappa shape index (κ3) is 2.45. The van der Waals surface area contributed by atoms with E-state index < -0.39 is 11.9 Å². The first-order chi connectivity index (χ1) is 10.6. The molecule has 1 heterocycles. The van der Waals surface area contributed by atoms with Crippen molar-refractivity contribution >= 4 is 11.6 Å². The Kier molecular flexibility index (Phi) is 3.83. The number of anilines is 1. The second kappa shape index (κ2) is 5.79. The average molecular weight is 298 g/mol. The van der Waals surface area contributed by atoms with E-state index in [1.54, 1.807) is 7.11 Å². The van der Waals surface area contributed by atoms with Crippen LogP contribution in [0.4, 0.5) is 5.69 Å². The van der Waals surface area contributed by atoms with Gasteiger partial charge in [-0.05, 0) is 23.6 Å². The molecule has 2 aromatic carbocycles. The summed E-state index contributed by atoms with van der Waals surface area (Å²) in [7, 11) is 1.58. The molecule has 0 saturated carbocycles. The van der Waals surface area contributed by atoms with Crippen LogP contribution in [0.15, 0.2) is 42.5 Å². The Labute approximate surface area is 128 Å². The zero-order valence-corrected chi connectivity index (χ0v) is 12.3. The molecule has 0 saturated heterocycles. The number of ether oxygens (including phenoxy) is 1. The summed E-state index contributed by atoms with van der Waals surface area (Å²) in [5, 5.41) is 10.9. The molecule has 1 atom stereocenters. The Morgan fingerprint density at radius 3 is 2.68 bits per heavy atom. The maximum absolute atomic E-state index is 12.0. The van der Waals surface area contributed by atoms with E-state index in [9.17, 15) is 10.0 Å². The van der Waals surface area contributed by atoms with E-state index in [1.807, 2.05) is 42.5 Å². The van der Waals surface area contributed by atoms with Gasteiger partial charge in [-0.1, -0.05) is 36.4 Å². The van der Waals surface area contributed by atoms with Gasteiger partial charge in [0.05, 0.1) is 18.8 Å². The van der Waals surface area contributed by atoms with Crippen LogP contribution in [0.5, 0.6) is 5.75 Å². The summed E-state index contributed by atoms with van der Waals surface area (Å²) in [6.45, 7) is 0. The van der Waals surface area contributed by atoms with Crippen LogP contribution in [-0.4, -0.2) is 24.3 Å². The monoisotopic (exact) mass is 298 g/mol. The lowest BCUT2D eigenvalue weighted by Gasteiger charge is -2.30. The van der Waals surface area contributed by atoms with Crippen LogP contribution < -0.4 is 15.5 Å². The minimum atomic E-state index is -0.713. The minimum absolute atomic E-state index is 0.414. The second-order valence-corrected chi connectivity index (χ2v) is 5.38. The molecule has 0 radical (unpaired) electrons. The first-order valence-electron chi connectivity index (χ1n) is 7.13. The molecular weight excluding hydrogens is 280 g/mol. The van der Waals surface area contributed by atoms with Crippen molar-refractivity contribution in [3.63, 3.8) is 0 Å². The fourth-order valence-electron chi connectivity index (χ4n) is 2.85. The number of hydroxylamine groups is 1. The average Bonchev–Trinajstić information content (AvgIpc) is 2.54. The highest BCUT2D eigenvalue weighted by Crippen LogP contribution is 2.37. The van der Waals surface area contributed by atoms with Gasteiger partial charge >= 0.3 is 0 Å². The fourth-order valence-corrected chi connectivity index (χ4v) is 2.85. The number of hydrogen-bond donors (Lipinski definition) is 2. The summed E-state index contributed by atoms with van der Waals surface area (Å²) in [6, 6.07) is 12.8. The first-order valence-corrected chi connectivity index (χ1v) is 7.13. The van der Waals surface area contributed by atoms with Crippen molar-refractivity contribution in [1.29, 1.82) is 0 Å². The lowest BCUT2D eigenvalue weighted by molar-refractivity contribution is -0.125. The molecule has 22 heavy (non-hydrogen) atoms. The summed E-state index contributed by atoms with van der Waals surface area (Å²) in [4.78, 5) is 12.0. The third-order valence-electron chi connectivity index (χ3n) is 3.94. The van der Waals surface area contributed by atoms with Gasteiger partial charge in [0.15, 0.2) is 0 Å². The van der Waals surface area contributed by atoms with Crippen LogP contribution in [-0.2, 0) is 17.6 Å². The van der Waals surface area contributed by atoms with Gasteiger partial charge < -0.3 is 10.5 Å². The van der Waals surface area contributed by atoms with Crippen molar-refractivity contribution in [2.75, 3.05) is 12.2 Å². The zero-order chi connectivity index (χ0) is 15.7. The Morgan fingerprint density at radius 1 is 1.27 bits per heavy atom. The number of methoxy groups -OCH3 is 1. The fraction of sp³-hybridized carbons (Fsp3) is 0.235. The van der Waals surface area contributed by atoms with Crippen molar-refractivity contribution in [2.45, 2.75) is 18.9 Å². The molecule has 114 valence electrons. The molecule has 1 aliphatic rings. The van der Waals surface area contributed by atoms with Crippen LogP contribution in [0.2, 0.25) is 0 Å². The van der Waals surface area contributed by atoms with Crippen LogP contribution >= 0.6 is 0 Å². The quantitative estimate of drug-likeness (QED) is 0.849. The summed E-state index contributed by atoms with van der Waals surface area (Å²) >= 11 is 0. The highest BCUT2D eigenvalue weighted by Gasteiger charge is 2.32. The third-order valence-corrected chi connectivity index (χ3v) is 3.94. The van der Waals surface area contributed by atoms with Gasteiger partial charge in [0.2, 0.25) is 0 Å². The first kappa shape index (κ1) is 14.6. The summed E-state index contributed by atoms with van der Waals surface area (Å²) in [5.74, 6) is 0.153. The van der Waals surface area contributed by atoms with Crippen molar-refractivity contribution in [2.24, 2.45) is 5.73 Å². The normalized spacial score (nSPS) is 17.3.